The van der Waals surface area contributed by atoms with Gasteiger partial charge in [-0.1, -0.05) is 5.16 Å². The van der Waals surface area contributed by atoms with Crippen molar-refractivity contribution in [3.05, 3.63) is 65.1 Å². The van der Waals surface area contributed by atoms with E-state index in [0.29, 0.717) is 22.6 Å². The van der Waals surface area contributed by atoms with Crippen LogP contribution in [0.25, 0.3) is 11.1 Å². The first-order valence-electron chi connectivity index (χ1n) is 7.99. The Bertz CT molecular complexity index is 896. The molecule has 0 aliphatic rings. The predicted molar refractivity (Wildman–Crippen MR) is 89.9 cm³/mol. The first-order valence-corrected chi connectivity index (χ1v) is 7.99. The number of hydrogen-bond donors (Lipinski definition) is 2. The lowest BCUT2D eigenvalue weighted by Crippen LogP contribution is -2.17. The normalized spacial score (nSPS) is 13.6. The predicted octanol–water partition coefficient (Wildman–Crippen LogP) is 3.15. The molecule has 0 amide bonds. The standard InChI is InChI=1S/C18H18F2N4O2/c1-9-18(10(2)26-24-9)17(25)5-16(21)13-3-12(14(19)4-15(13)20)11-6-22-8-23-7-11/h3-4,6-8,16-17,25H,5,21H2,1-2H3/t16?,17-/m1/s1. The SMILES string of the molecule is Cc1noc(C)c1[C@H](O)CC(N)c1cc(-c2cncnc2)c(F)cc1F. The molecule has 0 aliphatic heterocycles. The Morgan fingerprint density at radius 3 is 2.46 bits per heavy atom. The lowest BCUT2D eigenvalue weighted by atomic mass is 9.94. The monoisotopic (exact) mass is 360 g/mol. The average molecular weight is 360 g/mol. The van der Waals surface area contributed by atoms with Crippen LogP contribution in [0.5, 0.6) is 0 Å². The van der Waals surface area contributed by atoms with Crippen molar-refractivity contribution in [1.82, 2.24) is 15.1 Å². The number of aliphatic hydroxyl groups excluding tert-OH is 1. The fraction of sp³-hybridized carbons (Fsp3) is 0.278. The number of hydrogen-bond acceptors (Lipinski definition) is 6. The molecular formula is C18H18F2N4O2. The zero-order valence-electron chi connectivity index (χ0n) is 14.3. The molecule has 3 aromatic rings. The molecule has 0 fully saturated rings. The molecule has 1 aromatic carbocycles. The van der Waals surface area contributed by atoms with E-state index >= 15 is 0 Å². The van der Waals surface area contributed by atoms with E-state index < -0.39 is 23.8 Å². The van der Waals surface area contributed by atoms with Crippen LogP contribution in [-0.2, 0) is 0 Å². The Morgan fingerprint density at radius 1 is 1.15 bits per heavy atom. The van der Waals surface area contributed by atoms with Gasteiger partial charge in [-0.2, -0.15) is 0 Å². The molecular weight excluding hydrogens is 342 g/mol. The van der Waals surface area contributed by atoms with Gasteiger partial charge in [-0.05, 0) is 26.3 Å². The van der Waals surface area contributed by atoms with Gasteiger partial charge in [-0.25, -0.2) is 18.7 Å². The maximum absolute atomic E-state index is 14.3. The Kier molecular flexibility index (Phi) is 5.06. The smallest absolute Gasteiger partial charge is 0.139 e. The van der Waals surface area contributed by atoms with Gasteiger partial charge >= 0.3 is 0 Å². The number of aliphatic hydroxyl groups is 1. The summed E-state index contributed by atoms with van der Waals surface area (Å²) >= 11 is 0. The molecule has 0 radical (unpaired) electrons. The number of nitrogens with zero attached hydrogens (tertiary/aromatic N) is 3. The quantitative estimate of drug-likeness (QED) is 0.725. The van der Waals surface area contributed by atoms with Crippen LogP contribution in [0.3, 0.4) is 0 Å². The number of aromatic nitrogens is 3. The fourth-order valence-electron chi connectivity index (χ4n) is 2.96. The van der Waals surface area contributed by atoms with E-state index in [1.54, 1.807) is 13.8 Å². The van der Waals surface area contributed by atoms with Crippen LogP contribution in [0, 0.1) is 25.5 Å². The van der Waals surface area contributed by atoms with Crippen LogP contribution >= 0.6 is 0 Å². The minimum atomic E-state index is -0.982. The first-order chi connectivity index (χ1) is 12.4. The summed E-state index contributed by atoms with van der Waals surface area (Å²) in [5, 5.41) is 14.2. The van der Waals surface area contributed by atoms with E-state index in [9.17, 15) is 13.9 Å². The van der Waals surface area contributed by atoms with E-state index in [0.717, 1.165) is 6.07 Å². The third-order valence-electron chi connectivity index (χ3n) is 4.26. The van der Waals surface area contributed by atoms with Crippen LogP contribution in [0.1, 0.15) is 41.1 Å². The number of rotatable bonds is 5. The second kappa shape index (κ2) is 7.27. The zero-order chi connectivity index (χ0) is 18.8. The molecule has 0 bridgehead atoms. The molecule has 0 spiro atoms. The maximum Gasteiger partial charge on any atom is 0.139 e. The van der Waals surface area contributed by atoms with E-state index in [-0.39, 0.29) is 17.5 Å². The van der Waals surface area contributed by atoms with Crippen LogP contribution in [0.15, 0.2) is 35.4 Å². The second-order valence-electron chi connectivity index (χ2n) is 6.08. The summed E-state index contributed by atoms with van der Waals surface area (Å²) in [6.45, 7) is 3.38. The van der Waals surface area contributed by atoms with Crippen molar-refractivity contribution in [3.8, 4) is 11.1 Å². The highest BCUT2D eigenvalue weighted by Gasteiger charge is 2.24. The topological polar surface area (TPSA) is 98.1 Å². The number of nitrogens with two attached hydrogens (primary N) is 1. The van der Waals surface area contributed by atoms with Crippen molar-refractivity contribution >= 4 is 0 Å². The first kappa shape index (κ1) is 18.1. The Balaban J connectivity index is 1.91. The lowest BCUT2D eigenvalue weighted by Gasteiger charge is -2.18. The van der Waals surface area contributed by atoms with E-state index in [1.165, 1.54) is 24.8 Å². The summed E-state index contributed by atoms with van der Waals surface area (Å²) in [6.07, 6.45) is 3.21. The molecule has 0 saturated heterocycles. The van der Waals surface area contributed by atoms with Crippen molar-refractivity contribution in [2.75, 3.05) is 0 Å². The average Bonchev–Trinajstić information content (AvgIpc) is 2.94. The van der Waals surface area contributed by atoms with Gasteiger partial charge in [-0.15, -0.1) is 0 Å². The molecule has 2 aromatic heterocycles. The molecule has 0 saturated carbocycles. The highest BCUT2D eigenvalue weighted by Crippen LogP contribution is 2.32. The Labute approximate surface area is 148 Å². The molecule has 3 rings (SSSR count). The summed E-state index contributed by atoms with van der Waals surface area (Å²) < 4.78 is 33.5. The highest BCUT2D eigenvalue weighted by molar-refractivity contribution is 5.63. The maximum atomic E-state index is 14.3. The van der Waals surface area contributed by atoms with Crippen LogP contribution in [0.4, 0.5) is 8.78 Å². The lowest BCUT2D eigenvalue weighted by molar-refractivity contribution is 0.155. The van der Waals surface area contributed by atoms with Crippen LogP contribution < -0.4 is 5.73 Å². The number of halogens is 2. The largest absolute Gasteiger partial charge is 0.388 e. The minimum Gasteiger partial charge on any atom is -0.388 e. The molecule has 1 unspecified atom stereocenters. The van der Waals surface area contributed by atoms with Gasteiger partial charge in [0.1, 0.15) is 23.7 Å². The highest BCUT2D eigenvalue weighted by atomic mass is 19.1. The number of benzene rings is 1. The van der Waals surface area contributed by atoms with Crippen molar-refractivity contribution in [2.24, 2.45) is 5.73 Å². The summed E-state index contributed by atoms with van der Waals surface area (Å²) in [4.78, 5) is 7.68. The van der Waals surface area contributed by atoms with E-state index in [4.69, 9.17) is 10.3 Å². The molecule has 6 nitrogen and oxygen atoms in total. The van der Waals surface area contributed by atoms with Crippen molar-refractivity contribution in [2.45, 2.75) is 32.4 Å². The number of aryl methyl sites for hydroxylation is 2. The van der Waals surface area contributed by atoms with Gasteiger partial charge in [0.15, 0.2) is 0 Å². The summed E-state index contributed by atoms with van der Waals surface area (Å²) in [5.74, 6) is -1.04. The molecule has 26 heavy (non-hydrogen) atoms. The van der Waals surface area contributed by atoms with Crippen LogP contribution in [-0.4, -0.2) is 20.2 Å². The van der Waals surface area contributed by atoms with Gasteiger partial charge in [0.05, 0.1) is 11.8 Å². The van der Waals surface area contributed by atoms with Crippen molar-refractivity contribution in [3.63, 3.8) is 0 Å². The van der Waals surface area contributed by atoms with Gasteiger partial charge in [0.25, 0.3) is 0 Å². The third kappa shape index (κ3) is 3.47. The fourth-order valence-corrected chi connectivity index (χ4v) is 2.96. The van der Waals surface area contributed by atoms with Crippen molar-refractivity contribution < 1.29 is 18.4 Å². The van der Waals surface area contributed by atoms with Crippen molar-refractivity contribution in [1.29, 1.82) is 0 Å². The summed E-state index contributed by atoms with van der Waals surface area (Å²) in [7, 11) is 0. The molecule has 8 heteroatoms. The minimum absolute atomic E-state index is 0.0240. The molecule has 2 atom stereocenters. The Hall–Kier alpha value is -2.71. The molecule has 0 aliphatic carbocycles. The summed E-state index contributed by atoms with van der Waals surface area (Å²) in [6, 6.07) is 1.25. The van der Waals surface area contributed by atoms with Gasteiger partial charge in [0, 0.05) is 46.8 Å². The van der Waals surface area contributed by atoms with Gasteiger partial charge < -0.3 is 15.4 Å². The zero-order valence-corrected chi connectivity index (χ0v) is 14.3. The van der Waals surface area contributed by atoms with E-state index in [1.807, 2.05) is 0 Å². The third-order valence-corrected chi connectivity index (χ3v) is 4.26. The Morgan fingerprint density at radius 2 is 1.85 bits per heavy atom. The van der Waals surface area contributed by atoms with Crippen LogP contribution in [0.2, 0.25) is 0 Å². The summed E-state index contributed by atoms with van der Waals surface area (Å²) in [5.41, 5.74) is 7.81. The molecule has 136 valence electrons. The van der Waals surface area contributed by atoms with E-state index in [2.05, 4.69) is 15.1 Å². The van der Waals surface area contributed by atoms with Gasteiger partial charge in [-0.3, -0.25) is 0 Å². The molecule has 3 N–H and O–H groups in total. The second-order valence-corrected chi connectivity index (χ2v) is 6.08. The van der Waals surface area contributed by atoms with Gasteiger partial charge in [0.2, 0.25) is 0 Å². The molecule has 2 heterocycles.